The highest BCUT2D eigenvalue weighted by Gasteiger charge is 2.29. The Bertz CT molecular complexity index is 728. The lowest BCUT2D eigenvalue weighted by molar-refractivity contribution is -0.130. The molecule has 2 aromatic carbocycles. The maximum absolute atomic E-state index is 12.1. The number of benzene rings is 2. The van der Waals surface area contributed by atoms with Crippen LogP contribution in [0.5, 0.6) is 5.75 Å². The van der Waals surface area contributed by atoms with E-state index in [4.69, 9.17) is 4.74 Å². The molecular formula is C18H18N2O3. The summed E-state index contributed by atoms with van der Waals surface area (Å²) in [6.07, 6.45) is -0.813. The first-order valence-corrected chi connectivity index (χ1v) is 7.50. The van der Waals surface area contributed by atoms with Gasteiger partial charge in [0.2, 0.25) is 5.91 Å². The second-order valence-corrected chi connectivity index (χ2v) is 5.56. The van der Waals surface area contributed by atoms with Crippen molar-refractivity contribution in [3.05, 3.63) is 59.7 Å². The molecule has 0 saturated carbocycles. The lowest BCUT2D eigenvalue weighted by Crippen LogP contribution is -2.40. The number of hydrogen-bond acceptors (Lipinski definition) is 3. The zero-order valence-corrected chi connectivity index (χ0v) is 12.8. The summed E-state index contributed by atoms with van der Waals surface area (Å²) in [5.74, 6) is 0.0820. The Kier molecular flexibility index (Phi) is 4.28. The summed E-state index contributed by atoms with van der Waals surface area (Å²) in [5.41, 5.74) is 2.69. The largest absolute Gasteiger partial charge is 0.478 e. The van der Waals surface area contributed by atoms with Gasteiger partial charge in [0.25, 0.3) is 5.91 Å². The molecule has 0 radical (unpaired) electrons. The molecule has 118 valence electrons. The fourth-order valence-electron chi connectivity index (χ4n) is 2.44. The molecule has 1 heterocycles. The van der Waals surface area contributed by atoms with E-state index in [1.807, 2.05) is 49.4 Å². The van der Waals surface area contributed by atoms with E-state index in [1.54, 1.807) is 6.07 Å². The summed E-state index contributed by atoms with van der Waals surface area (Å²) >= 11 is 0. The van der Waals surface area contributed by atoms with Gasteiger partial charge in [0.05, 0.1) is 12.1 Å². The predicted octanol–water partition coefficient (Wildman–Crippen LogP) is 2.40. The molecule has 23 heavy (non-hydrogen) atoms. The van der Waals surface area contributed by atoms with Crippen LogP contribution >= 0.6 is 0 Å². The molecule has 0 aliphatic carbocycles. The summed E-state index contributed by atoms with van der Waals surface area (Å²) in [5, 5.41) is 5.59. The second kappa shape index (κ2) is 6.52. The monoisotopic (exact) mass is 310 g/mol. The number of hydrogen-bond donors (Lipinski definition) is 2. The third-order valence-electron chi connectivity index (χ3n) is 3.66. The molecular weight excluding hydrogens is 292 g/mol. The van der Waals surface area contributed by atoms with Gasteiger partial charge in [-0.1, -0.05) is 36.4 Å². The Labute approximate surface area is 134 Å². The maximum atomic E-state index is 12.1. The number of carbonyl (C=O) groups is 2. The van der Waals surface area contributed by atoms with Crippen LogP contribution in [0.1, 0.15) is 17.5 Å². The topological polar surface area (TPSA) is 67.4 Å². The second-order valence-electron chi connectivity index (χ2n) is 5.56. The number of rotatable bonds is 4. The van der Waals surface area contributed by atoms with Gasteiger partial charge in [0.15, 0.2) is 6.10 Å². The minimum absolute atomic E-state index is 0.00795. The van der Waals surface area contributed by atoms with Crippen LogP contribution in [-0.2, 0) is 16.1 Å². The molecule has 3 rings (SSSR count). The number of amides is 2. The van der Waals surface area contributed by atoms with Crippen molar-refractivity contribution in [1.29, 1.82) is 0 Å². The van der Waals surface area contributed by atoms with Gasteiger partial charge >= 0.3 is 0 Å². The Morgan fingerprint density at radius 2 is 2.00 bits per heavy atom. The average molecular weight is 310 g/mol. The number of aryl methyl sites for hydroxylation is 1. The van der Waals surface area contributed by atoms with Crippen molar-refractivity contribution in [2.75, 3.05) is 5.32 Å². The van der Waals surface area contributed by atoms with E-state index in [0.29, 0.717) is 18.0 Å². The standard InChI is InChI=1S/C18H18N2O3/c1-12-7-8-15-14(9-12)20-18(22)16(23-15)10-17(21)19-11-13-5-3-2-4-6-13/h2-9,16H,10-11H2,1H3,(H,19,21)(H,20,22)/t16-/m0/s1. The van der Waals surface area contributed by atoms with Gasteiger partial charge in [-0.05, 0) is 30.2 Å². The zero-order chi connectivity index (χ0) is 16.2. The number of ether oxygens (including phenoxy) is 1. The van der Waals surface area contributed by atoms with Gasteiger partial charge in [-0.3, -0.25) is 9.59 Å². The van der Waals surface area contributed by atoms with Gasteiger partial charge in [0, 0.05) is 6.54 Å². The molecule has 2 aromatic rings. The molecule has 0 spiro atoms. The Hall–Kier alpha value is -2.82. The Balaban J connectivity index is 1.58. The molecule has 2 N–H and O–H groups in total. The molecule has 0 fully saturated rings. The van der Waals surface area contributed by atoms with Crippen LogP contribution in [0.2, 0.25) is 0 Å². The van der Waals surface area contributed by atoms with Crippen LogP contribution in [0.25, 0.3) is 0 Å². The van der Waals surface area contributed by atoms with Crippen molar-refractivity contribution < 1.29 is 14.3 Å². The third kappa shape index (κ3) is 3.69. The number of anilines is 1. The van der Waals surface area contributed by atoms with Gasteiger partial charge in [0.1, 0.15) is 5.75 Å². The number of fused-ring (bicyclic) bond motifs is 1. The van der Waals surface area contributed by atoms with Gasteiger partial charge in [-0.2, -0.15) is 0 Å². The summed E-state index contributed by atoms with van der Waals surface area (Å²) in [6, 6.07) is 15.2. The molecule has 1 aliphatic rings. The first kappa shape index (κ1) is 15.1. The van der Waals surface area contributed by atoms with Crippen LogP contribution in [0, 0.1) is 6.92 Å². The molecule has 0 unspecified atom stereocenters. The smallest absolute Gasteiger partial charge is 0.266 e. The van der Waals surface area contributed by atoms with Crippen molar-refractivity contribution >= 4 is 17.5 Å². The summed E-state index contributed by atoms with van der Waals surface area (Å²) in [4.78, 5) is 24.1. The van der Waals surface area contributed by atoms with E-state index in [1.165, 1.54) is 0 Å². The van der Waals surface area contributed by atoms with E-state index in [0.717, 1.165) is 11.1 Å². The Morgan fingerprint density at radius 3 is 2.78 bits per heavy atom. The number of carbonyl (C=O) groups excluding carboxylic acids is 2. The fraction of sp³-hybridized carbons (Fsp3) is 0.222. The van der Waals surface area contributed by atoms with E-state index >= 15 is 0 Å². The highest BCUT2D eigenvalue weighted by Crippen LogP contribution is 2.30. The first-order chi connectivity index (χ1) is 11.1. The van der Waals surface area contributed by atoms with Crippen LogP contribution in [0.3, 0.4) is 0 Å². The van der Waals surface area contributed by atoms with E-state index < -0.39 is 6.10 Å². The van der Waals surface area contributed by atoms with Gasteiger partial charge < -0.3 is 15.4 Å². The van der Waals surface area contributed by atoms with Crippen molar-refractivity contribution in [3.63, 3.8) is 0 Å². The lowest BCUT2D eigenvalue weighted by Gasteiger charge is -2.25. The van der Waals surface area contributed by atoms with Gasteiger partial charge in [-0.15, -0.1) is 0 Å². The average Bonchev–Trinajstić information content (AvgIpc) is 2.55. The molecule has 1 atom stereocenters. The van der Waals surface area contributed by atoms with Crippen molar-refractivity contribution in [3.8, 4) is 5.75 Å². The SMILES string of the molecule is Cc1ccc2c(c1)NC(=O)[C@H](CC(=O)NCc1ccccc1)O2. The minimum atomic E-state index is -0.805. The Morgan fingerprint density at radius 1 is 1.22 bits per heavy atom. The van der Waals surface area contributed by atoms with E-state index in [2.05, 4.69) is 10.6 Å². The fourth-order valence-corrected chi connectivity index (χ4v) is 2.44. The molecule has 5 heteroatoms. The highest BCUT2D eigenvalue weighted by molar-refractivity contribution is 6.00. The lowest BCUT2D eigenvalue weighted by atomic mass is 10.1. The summed E-state index contributed by atoms with van der Waals surface area (Å²) in [6.45, 7) is 2.37. The molecule has 5 nitrogen and oxygen atoms in total. The molecule has 1 aliphatic heterocycles. The quantitative estimate of drug-likeness (QED) is 0.911. The van der Waals surface area contributed by atoms with Crippen molar-refractivity contribution in [2.24, 2.45) is 0 Å². The van der Waals surface area contributed by atoms with Crippen LogP contribution < -0.4 is 15.4 Å². The molecule has 2 amide bonds. The van der Waals surface area contributed by atoms with Crippen molar-refractivity contribution in [1.82, 2.24) is 5.32 Å². The van der Waals surface area contributed by atoms with Gasteiger partial charge in [-0.25, -0.2) is 0 Å². The predicted molar refractivity (Wildman–Crippen MR) is 87.1 cm³/mol. The highest BCUT2D eigenvalue weighted by atomic mass is 16.5. The first-order valence-electron chi connectivity index (χ1n) is 7.50. The van der Waals surface area contributed by atoms with E-state index in [9.17, 15) is 9.59 Å². The third-order valence-corrected chi connectivity index (χ3v) is 3.66. The summed E-state index contributed by atoms with van der Waals surface area (Å²) in [7, 11) is 0. The molecule has 0 bridgehead atoms. The van der Waals surface area contributed by atoms with Crippen LogP contribution in [0.4, 0.5) is 5.69 Å². The minimum Gasteiger partial charge on any atom is -0.478 e. The zero-order valence-electron chi connectivity index (χ0n) is 12.8. The maximum Gasteiger partial charge on any atom is 0.266 e. The van der Waals surface area contributed by atoms with E-state index in [-0.39, 0.29) is 18.2 Å². The van der Waals surface area contributed by atoms with Crippen LogP contribution in [-0.4, -0.2) is 17.9 Å². The van der Waals surface area contributed by atoms with Crippen molar-refractivity contribution in [2.45, 2.75) is 26.0 Å². The molecule has 0 aromatic heterocycles. The molecule has 0 saturated heterocycles. The number of nitrogens with one attached hydrogen (secondary N) is 2. The van der Waals surface area contributed by atoms with Crippen LogP contribution in [0.15, 0.2) is 48.5 Å². The normalized spacial score (nSPS) is 16.0. The summed E-state index contributed by atoms with van der Waals surface area (Å²) < 4.78 is 5.65.